The zero-order valence-electron chi connectivity index (χ0n) is 21.5. The number of carbonyl (C=O) groups excluding carboxylic acids is 1. The van der Waals surface area contributed by atoms with Crippen LogP contribution in [0, 0.1) is 13.8 Å². The number of hydrazone groups is 1. The van der Waals surface area contributed by atoms with Crippen LogP contribution < -0.4 is 14.5 Å². The highest BCUT2D eigenvalue weighted by atomic mass is 35.5. The number of hydrogen-bond donors (Lipinski definition) is 1. The zero-order valence-corrected chi connectivity index (χ0v) is 23.1. The second kappa shape index (κ2) is 12.6. The number of nitrogens with one attached hydrogen (secondary N) is 1. The fourth-order valence-electron chi connectivity index (χ4n) is 3.68. The molecule has 4 rings (SSSR count). The van der Waals surface area contributed by atoms with E-state index in [-0.39, 0.29) is 4.90 Å². The molecule has 0 radical (unpaired) electrons. The molecule has 4 aromatic carbocycles. The van der Waals surface area contributed by atoms with Gasteiger partial charge in [0.1, 0.15) is 18.9 Å². The maximum atomic E-state index is 13.5. The van der Waals surface area contributed by atoms with Crippen molar-refractivity contribution in [2.24, 2.45) is 5.10 Å². The molecule has 0 saturated carbocycles. The highest BCUT2D eigenvalue weighted by Crippen LogP contribution is 2.24. The van der Waals surface area contributed by atoms with Gasteiger partial charge < -0.3 is 4.74 Å². The van der Waals surface area contributed by atoms with Crippen LogP contribution in [0.4, 0.5) is 5.69 Å². The molecule has 9 heteroatoms. The van der Waals surface area contributed by atoms with Crippen molar-refractivity contribution in [3.8, 4) is 5.75 Å². The molecule has 0 atom stereocenters. The van der Waals surface area contributed by atoms with Crippen LogP contribution in [0.2, 0.25) is 5.02 Å². The van der Waals surface area contributed by atoms with Crippen LogP contribution in [0.1, 0.15) is 22.3 Å². The third kappa shape index (κ3) is 7.69. The highest BCUT2D eigenvalue weighted by molar-refractivity contribution is 7.92. The molecule has 39 heavy (non-hydrogen) atoms. The molecule has 0 unspecified atom stereocenters. The van der Waals surface area contributed by atoms with Crippen LogP contribution in [-0.2, 0) is 21.4 Å². The van der Waals surface area contributed by atoms with E-state index in [9.17, 15) is 13.2 Å². The van der Waals surface area contributed by atoms with Gasteiger partial charge in [-0.2, -0.15) is 5.10 Å². The van der Waals surface area contributed by atoms with Gasteiger partial charge in [-0.15, -0.1) is 0 Å². The predicted octanol–water partition coefficient (Wildman–Crippen LogP) is 5.88. The number of benzene rings is 4. The summed E-state index contributed by atoms with van der Waals surface area (Å²) in [6, 6.07) is 28.1. The molecule has 7 nitrogen and oxygen atoms in total. The van der Waals surface area contributed by atoms with Crippen LogP contribution >= 0.6 is 11.6 Å². The van der Waals surface area contributed by atoms with E-state index in [1.807, 2.05) is 44.2 Å². The Labute approximate surface area is 233 Å². The highest BCUT2D eigenvalue weighted by Gasteiger charge is 2.27. The molecule has 1 amide bonds. The van der Waals surface area contributed by atoms with Gasteiger partial charge in [0.15, 0.2) is 0 Å². The van der Waals surface area contributed by atoms with E-state index in [1.54, 1.807) is 54.6 Å². The van der Waals surface area contributed by atoms with Crippen LogP contribution in [0.25, 0.3) is 0 Å². The summed E-state index contributed by atoms with van der Waals surface area (Å²) in [6.07, 6.45) is 1.48. The Morgan fingerprint density at radius 2 is 1.62 bits per heavy atom. The van der Waals surface area contributed by atoms with Crippen molar-refractivity contribution in [2.75, 3.05) is 10.8 Å². The second-order valence-electron chi connectivity index (χ2n) is 8.94. The third-order valence-corrected chi connectivity index (χ3v) is 7.83. The molecule has 0 bridgehead atoms. The molecule has 0 fully saturated rings. The van der Waals surface area contributed by atoms with E-state index < -0.39 is 22.5 Å². The van der Waals surface area contributed by atoms with Gasteiger partial charge >= 0.3 is 0 Å². The second-order valence-corrected chi connectivity index (χ2v) is 11.2. The molecule has 200 valence electrons. The average molecular weight is 562 g/mol. The molecule has 0 aliphatic carbocycles. The Hall–Kier alpha value is -4.14. The van der Waals surface area contributed by atoms with E-state index in [4.69, 9.17) is 16.3 Å². The fraction of sp³-hybridized carbons (Fsp3) is 0.133. The summed E-state index contributed by atoms with van der Waals surface area (Å²) < 4.78 is 33.8. The molecule has 0 aliphatic rings. The van der Waals surface area contributed by atoms with Gasteiger partial charge in [-0.25, -0.2) is 13.8 Å². The number of carbonyl (C=O) groups is 1. The molecule has 0 aromatic heterocycles. The predicted molar refractivity (Wildman–Crippen MR) is 155 cm³/mol. The quantitative estimate of drug-likeness (QED) is 0.193. The monoisotopic (exact) mass is 561 g/mol. The van der Waals surface area contributed by atoms with E-state index in [0.717, 1.165) is 26.6 Å². The van der Waals surface area contributed by atoms with Crippen molar-refractivity contribution < 1.29 is 17.9 Å². The first-order valence-electron chi connectivity index (χ1n) is 12.2. The summed E-state index contributed by atoms with van der Waals surface area (Å²) in [5.74, 6) is 0.104. The number of hydrogen-bond acceptors (Lipinski definition) is 5. The summed E-state index contributed by atoms with van der Waals surface area (Å²) in [5.41, 5.74) is 6.36. The van der Waals surface area contributed by atoms with Crippen molar-refractivity contribution in [1.82, 2.24) is 5.43 Å². The van der Waals surface area contributed by atoms with Crippen LogP contribution in [0.15, 0.2) is 107 Å². The number of anilines is 1. The van der Waals surface area contributed by atoms with Gasteiger partial charge in [0, 0.05) is 5.02 Å². The van der Waals surface area contributed by atoms with E-state index >= 15 is 0 Å². The van der Waals surface area contributed by atoms with Gasteiger partial charge in [-0.1, -0.05) is 53.6 Å². The largest absolute Gasteiger partial charge is 0.489 e. The first kappa shape index (κ1) is 27.9. The van der Waals surface area contributed by atoms with Crippen molar-refractivity contribution in [1.29, 1.82) is 0 Å². The number of sulfonamides is 1. The summed E-state index contributed by atoms with van der Waals surface area (Å²) >= 11 is 5.91. The lowest BCUT2D eigenvalue weighted by Gasteiger charge is -2.24. The van der Waals surface area contributed by atoms with Gasteiger partial charge in [-0.3, -0.25) is 9.10 Å². The Balaban J connectivity index is 1.40. The normalized spacial score (nSPS) is 11.4. The van der Waals surface area contributed by atoms with E-state index in [1.165, 1.54) is 18.3 Å². The molecular formula is C30H28ClN3O4S. The Kier molecular flexibility index (Phi) is 9.01. The number of rotatable bonds is 10. The first-order chi connectivity index (χ1) is 18.7. The number of aryl methyl sites for hydroxylation is 2. The lowest BCUT2D eigenvalue weighted by molar-refractivity contribution is -0.119. The van der Waals surface area contributed by atoms with E-state index in [2.05, 4.69) is 10.5 Å². The standard InChI is InChI=1S/C30H28ClN3O4S/c1-22-6-16-29(17-7-22)39(36,37)34(27-5-3-4-23(2)18-27)20-30(35)33-32-19-24-10-14-28(15-11-24)38-21-25-8-12-26(31)13-9-25/h3-19H,20-21H2,1-2H3,(H,33,35)/b32-19-. The average Bonchev–Trinajstić information content (AvgIpc) is 2.92. The Morgan fingerprint density at radius 1 is 0.923 bits per heavy atom. The zero-order chi connectivity index (χ0) is 27.8. The Morgan fingerprint density at radius 3 is 2.28 bits per heavy atom. The summed E-state index contributed by atoms with van der Waals surface area (Å²) in [4.78, 5) is 12.9. The van der Waals surface area contributed by atoms with Crippen molar-refractivity contribution in [3.63, 3.8) is 0 Å². The fourth-order valence-corrected chi connectivity index (χ4v) is 5.22. The minimum Gasteiger partial charge on any atom is -0.489 e. The Bertz CT molecular complexity index is 1550. The maximum absolute atomic E-state index is 13.5. The lowest BCUT2D eigenvalue weighted by Crippen LogP contribution is -2.39. The van der Waals surface area contributed by atoms with Gasteiger partial charge in [0.2, 0.25) is 0 Å². The number of amides is 1. The minimum absolute atomic E-state index is 0.101. The van der Waals surface area contributed by atoms with E-state index in [0.29, 0.717) is 23.1 Å². The van der Waals surface area contributed by atoms with Gasteiger partial charge in [-0.05, 0) is 91.2 Å². The molecule has 0 spiro atoms. The van der Waals surface area contributed by atoms with Crippen LogP contribution in [0.3, 0.4) is 0 Å². The van der Waals surface area contributed by atoms with Gasteiger partial charge in [0.25, 0.3) is 15.9 Å². The third-order valence-electron chi connectivity index (χ3n) is 5.79. The summed E-state index contributed by atoms with van der Waals surface area (Å²) in [7, 11) is -3.99. The van der Waals surface area contributed by atoms with Crippen molar-refractivity contribution in [3.05, 3.63) is 124 Å². The lowest BCUT2D eigenvalue weighted by atomic mass is 10.2. The topological polar surface area (TPSA) is 88.1 Å². The SMILES string of the molecule is Cc1ccc(S(=O)(=O)N(CC(=O)N/N=C\c2ccc(OCc3ccc(Cl)cc3)cc2)c2cccc(C)c2)cc1. The molecule has 0 saturated heterocycles. The smallest absolute Gasteiger partial charge is 0.264 e. The molecular weight excluding hydrogens is 534 g/mol. The molecule has 0 heterocycles. The molecule has 0 aliphatic heterocycles. The first-order valence-corrected chi connectivity index (χ1v) is 14.0. The summed E-state index contributed by atoms with van der Waals surface area (Å²) in [6.45, 7) is 3.71. The number of halogens is 1. The van der Waals surface area contributed by atoms with Crippen LogP contribution in [0.5, 0.6) is 5.75 Å². The minimum atomic E-state index is -3.99. The number of ether oxygens (including phenoxy) is 1. The molecule has 1 N–H and O–H groups in total. The maximum Gasteiger partial charge on any atom is 0.264 e. The van der Waals surface area contributed by atoms with Crippen molar-refractivity contribution in [2.45, 2.75) is 25.3 Å². The summed E-state index contributed by atoms with van der Waals surface area (Å²) in [5, 5.41) is 4.68. The van der Waals surface area contributed by atoms with Gasteiger partial charge in [0.05, 0.1) is 16.8 Å². The number of nitrogens with zero attached hydrogens (tertiary/aromatic N) is 2. The van der Waals surface area contributed by atoms with Crippen molar-refractivity contribution >= 4 is 39.4 Å². The van der Waals surface area contributed by atoms with Crippen LogP contribution in [-0.4, -0.2) is 27.1 Å². The molecule has 4 aromatic rings.